The number of nitrogens with zero attached hydrogens (tertiary/aromatic N) is 1. The maximum absolute atomic E-state index is 5.72. The summed E-state index contributed by atoms with van der Waals surface area (Å²) < 4.78 is 0. The van der Waals surface area contributed by atoms with Gasteiger partial charge in [-0.1, -0.05) is 38.1 Å². The molecule has 0 spiro atoms. The Labute approximate surface area is 96.8 Å². The van der Waals surface area contributed by atoms with E-state index in [0.29, 0.717) is 5.96 Å². The molecule has 0 fully saturated rings. The van der Waals surface area contributed by atoms with E-state index in [4.69, 9.17) is 5.73 Å². The van der Waals surface area contributed by atoms with Gasteiger partial charge in [-0.3, -0.25) is 4.99 Å². The minimum absolute atomic E-state index is 0.0869. The van der Waals surface area contributed by atoms with Crippen LogP contribution in [0.2, 0.25) is 0 Å². The van der Waals surface area contributed by atoms with E-state index < -0.39 is 0 Å². The SMILES string of the molecule is CCc1ccc(C2(CC)CN=C(N)N2)cc1. The molecule has 0 saturated carbocycles. The first-order valence-electron chi connectivity index (χ1n) is 5.87. The summed E-state index contributed by atoms with van der Waals surface area (Å²) in [5.74, 6) is 0.557. The zero-order valence-corrected chi connectivity index (χ0v) is 9.96. The van der Waals surface area contributed by atoms with Crippen molar-refractivity contribution in [3.05, 3.63) is 35.4 Å². The lowest BCUT2D eigenvalue weighted by Gasteiger charge is -2.28. The van der Waals surface area contributed by atoms with Crippen molar-refractivity contribution in [2.75, 3.05) is 6.54 Å². The molecule has 16 heavy (non-hydrogen) atoms. The van der Waals surface area contributed by atoms with Crippen LogP contribution in [0.25, 0.3) is 0 Å². The fraction of sp³-hybridized carbons (Fsp3) is 0.462. The van der Waals surface area contributed by atoms with Crippen LogP contribution >= 0.6 is 0 Å². The van der Waals surface area contributed by atoms with Gasteiger partial charge in [0.05, 0.1) is 12.1 Å². The van der Waals surface area contributed by atoms with Crippen LogP contribution in [0.3, 0.4) is 0 Å². The topological polar surface area (TPSA) is 50.4 Å². The zero-order chi connectivity index (χ0) is 11.6. The van der Waals surface area contributed by atoms with Crippen molar-refractivity contribution in [3.63, 3.8) is 0 Å². The van der Waals surface area contributed by atoms with Crippen molar-refractivity contribution in [3.8, 4) is 0 Å². The number of hydrogen-bond acceptors (Lipinski definition) is 3. The number of benzene rings is 1. The predicted octanol–water partition coefficient (Wildman–Crippen LogP) is 1.77. The molecule has 2 rings (SSSR count). The van der Waals surface area contributed by atoms with Crippen LogP contribution in [0, 0.1) is 0 Å². The normalized spacial score (nSPS) is 24.0. The largest absolute Gasteiger partial charge is 0.370 e. The summed E-state index contributed by atoms with van der Waals surface area (Å²) in [5.41, 5.74) is 8.27. The lowest BCUT2D eigenvalue weighted by molar-refractivity contribution is 0.415. The van der Waals surface area contributed by atoms with E-state index in [1.807, 2.05) is 0 Å². The summed E-state index contributed by atoms with van der Waals surface area (Å²) in [5, 5.41) is 3.30. The van der Waals surface area contributed by atoms with Crippen molar-refractivity contribution in [1.29, 1.82) is 0 Å². The van der Waals surface area contributed by atoms with Crippen LogP contribution in [-0.4, -0.2) is 12.5 Å². The molecule has 0 aliphatic carbocycles. The van der Waals surface area contributed by atoms with Gasteiger partial charge in [-0.2, -0.15) is 0 Å². The molecule has 3 heteroatoms. The Morgan fingerprint density at radius 3 is 2.44 bits per heavy atom. The Bertz CT molecular complexity index is 394. The lowest BCUT2D eigenvalue weighted by atomic mass is 9.87. The number of hydrogen-bond donors (Lipinski definition) is 2. The molecule has 1 aromatic rings. The van der Waals surface area contributed by atoms with E-state index in [2.05, 4.69) is 48.4 Å². The van der Waals surface area contributed by atoms with Crippen LogP contribution in [0.5, 0.6) is 0 Å². The van der Waals surface area contributed by atoms with Gasteiger partial charge in [-0.25, -0.2) is 0 Å². The molecule has 0 radical (unpaired) electrons. The van der Waals surface area contributed by atoms with Gasteiger partial charge < -0.3 is 11.1 Å². The first kappa shape index (κ1) is 11.0. The van der Waals surface area contributed by atoms with Crippen LogP contribution in [-0.2, 0) is 12.0 Å². The van der Waals surface area contributed by atoms with E-state index in [0.717, 1.165) is 19.4 Å². The maximum atomic E-state index is 5.72. The highest BCUT2D eigenvalue weighted by Gasteiger charge is 2.34. The molecule has 1 aliphatic rings. The molecule has 1 unspecified atom stereocenters. The molecule has 1 atom stereocenters. The second-order valence-electron chi connectivity index (χ2n) is 4.31. The highest BCUT2D eigenvalue weighted by atomic mass is 15.2. The van der Waals surface area contributed by atoms with Crippen LogP contribution in [0.1, 0.15) is 31.4 Å². The number of nitrogens with one attached hydrogen (secondary N) is 1. The zero-order valence-electron chi connectivity index (χ0n) is 9.96. The van der Waals surface area contributed by atoms with Gasteiger partial charge >= 0.3 is 0 Å². The van der Waals surface area contributed by atoms with Crippen molar-refractivity contribution in [1.82, 2.24) is 5.32 Å². The standard InChI is InChI=1S/C13H19N3/c1-3-10-5-7-11(8-6-10)13(4-2)9-15-12(14)16-13/h5-8H,3-4,9H2,1-2H3,(H3,14,15,16). The number of aryl methyl sites for hydroxylation is 1. The van der Waals surface area contributed by atoms with Crippen molar-refractivity contribution >= 4 is 5.96 Å². The average Bonchev–Trinajstić information content (AvgIpc) is 2.72. The predicted molar refractivity (Wildman–Crippen MR) is 67.4 cm³/mol. The molecule has 0 bridgehead atoms. The number of rotatable bonds is 3. The summed E-state index contributed by atoms with van der Waals surface area (Å²) >= 11 is 0. The van der Waals surface area contributed by atoms with Gasteiger partial charge in [0.2, 0.25) is 0 Å². The summed E-state index contributed by atoms with van der Waals surface area (Å²) in [6.07, 6.45) is 2.06. The van der Waals surface area contributed by atoms with Gasteiger partial charge in [0.1, 0.15) is 0 Å². The smallest absolute Gasteiger partial charge is 0.189 e. The fourth-order valence-corrected chi connectivity index (χ4v) is 2.17. The molecule has 1 heterocycles. The fourth-order valence-electron chi connectivity index (χ4n) is 2.17. The molecular weight excluding hydrogens is 198 g/mol. The van der Waals surface area contributed by atoms with Crippen LogP contribution in [0.15, 0.2) is 29.3 Å². The summed E-state index contributed by atoms with van der Waals surface area (Å²) in [6.45, 7) is 5.06. The highest BCUT2D eigenvalue weighted by Crippen LogP contribution is 2.28. The van der Waals surface area contributed by atoms with E-state index in [1.54, 1.807) is 0 Å². The Morgan fingerprint density at radius 1 is 1.31 bits per heavy atom. The third-order valence-corrected chi connectivity index (χ3v) is 3.40. The second-order valence-corrected chi connectivity index (χ2v) is 4.31. The lowest BCUT2D eigenvalue weighted by Crippen LogP contribution is -2.44. The van der Waals surface area contributed by atoms with E-state index in [1.165, 1.54) is 11.1 Å². The Balaban J connectivity index is 2.27. The van der Waals surface area contributed by atoms with Gasteiger partial charge in [0.15, 0.2) is 5.96 Å². The number of guanidine groups is 1. The molecule has 1 aliphatic heterocycles. The van der Waals surface area contributed by atoms with Gasteiger partial charge in [0.25, 0.3) is 0 Å². The first-order valence-corrected chi connectivity index (χ1v) is 5.87. The van der Waals surface area contributed by atoms with Gasteiger partial charge in [-0.05, 0) is 24.0 Å². The Hall–Kier alpha value is -1.51. The van der Waals surface area contributed by atoms with E-state index in [9.17, 15) is 0 Å². The van der Waals surface area contributed by atoms with Gasteiger partial charge in [0, 0.05) is 0 Å². The minimum atomic E-state index is -0.0869. The minimum Gasteiger partial charge on any atom is -0.370 e. The summed E-state index contributed by atoms with van der Waals surface area (Å²) in [7, 11) is 0. The number of nitrogens with two attached hydrogens (primary N) is 1. The molecular formula is C13H19N3. The highest BCUT2D eigenvalue weighted by molar-refractivity contribution is 5.81. The molecule has 3 nitrogen and oxygen atoms in total. The Kier molecular flexibility index (Phi) is 2.86. The summed E-state index contributed by atoms with van der Waals surface area (Å²) in [4.78, 5) is 4.26. The van der Waals surface area contributed by atoms with E-state index in [-0.39, 0.29) is 5.54 Å². The molecule has 86 valence electrons. The monoisotopic (exact) mass is 217 g/mol. The van der Waals surface area contributed by atoms with Crippen LogP contribution in [0.4, 0.5) is 0 Å². The quantitative estimate of drug-likeness (QED) is 0.810. The molecule has 1 aromatic carbocycles. The molecule has 0 aromatic heterocycles. The molecule has 0 saturated heterocycles. The van der Waals surface area contributed by atoms with Crippen molar-refractivity contribution in [2.45, 2.75) is 32.2 Å². The third-order valence-electron chi connectivity index (χ3n) is 3.40. The van der Waals surface area contributed by atoms with Crippen molar-refractivity contribution < 1.29 is 0 Å². The second kappa shape index (κ2) is 4.16. The average molecular weight is 217 g/mol. The van der Waals surface area contributed by atoms with E-state index >= 15 is 0 Å². The van der Waals surface area contributed by atoms with Crippen molar-refractivity contribution in [2.24, 2.45) is 10.7 Å². The number of aliphatic imine (C=N–C) groups is 1. The molecule has 3 N–H and O–H groups in total. The third kappa shape index (κ3) is 1.77. The summed E-state index contributed by atoms with van der Waals surface area (Å²) in [6, 6.07) is 8.73. The van der Waals surface area contributed by atoms with Crippen LogP contribution < -0.4 is 11.1 Å². The van der Waals surface area contributed by atoms with Gasteiger partial charge in [-0.15, -0.1) is 0 Å². The Morgan fingerprint density at radius 2 is 2.00 bits per heavy atom. The maximum Gasteiger partial charge on any atom is 0.189 e. The first-order chi connectivity index (χ1) is 7.70. The molecule has 0 amide bonds.